The number of nitrogens with one attached hydrogen (secondary N) is 2. The van der Waals surface area contributed by atoms with E-state index in [2.05, 4.69) is 15.3 Å². The van der Waals surface area contributed by atoms with Crippen molar-refractivity contribution in [2.24, 2.45) is 0 Å². The Morgan fingerprint density at radius 3 is 2.76 bits per heavy atom. The first-order valence-corrected chi connectivity index (χ1v) is 10.4. The summed E-state index contributed by atoms with van der Waals surface area (Å²) in [6, 6.07) is 12.2. The molecule has 0 spiro atoms. The number of hydrogen-bond acceptors (Lipinski definition) is 5. The average molecular weight is 443 g/mol. The van der Waals surface area contributed by atoms with Crippen LogP contribution in [0.2, 0.25) is 5.02 Å². The number of H-pyrrole nitrogens is 1. The summed E-state index contributed by atoms with van der Waals surface area (Å²) in [6.45, 7) is 0.685. The maximum atomic E-state index is 12.8. The average Bonchev–Trinajstić information content (AvgIpc) is 3.23. The Morgan fingerprint density at radius 2 is 2.03 bits per heavy atom. The van der Waals surface area contributed by atoms with Crippen LogP contribution in [0.5, 0.6) is 0 Å². The van der Waals surface area contributed by atoms with E-state index in [1.807, 2.05) is 17.5 Å². The van der Waals surface area contributed by atoms with Gasteiger partial charge in [-0.1, -0.05) is 23.7 Å². The van der Waals surface area contributed by atoms with Gasteiger partial charge in [0.05, 0.1) is 17.4 Å². The van der Waals surface area contributed by atoms with E-state index in [4.69, 9.17) is 23.8 Å². The summed E-state index contributed by atoms with van der Waals surface area (Å²) in [6.07, 6.45) is 1.69. The number of halogens is 1. The lowest BCUT2D eigenvalue weighted by Gasteiger charge is -2.09. The third-order valence-electron chi connectivity index (χ3n) is 4.39. The summed E-state index contributed by atoms with van der Waals surface area (Å²) in [5, 5.41) is 6.61. The molecular weight excluding hydrogens is 428 g/mol. The van der Waals surface area contributed by atoms with Crippen molar-refractivity contribution in [3.05, 3.63) is 90.3 Å². The number of fused-ring (bicyclic) bond motifs is 1. The highest BCUT2D eigenvalue weighted by Gasteiger charge is 2.11. The van der Waals surface area contributed by atoms with Gasteiger partial charge >= 0.3 is 0 Å². The maximum absolute atomic E-state index is 12.8. The number of carbonyl (C=O) groups is 1. The molecule has 0 aliphatic carbocycles. The van der Waals surface area contributed by atoms with Crippen molar-refractivity contribution < 1.29 is 4.79 Å². The number of aromatic amines is 1. The molecular formula is C20H15ClN4O2S2. The highest BCUT2D eigenvalue weighted by Crippen LogP contribution is 2.13. The van der Waals surface area contributed by atoms with Crippen LogP contribution in [0.1, 0.15) is 20.9 Å². The molecule has 9 heteroatoms. The lowest BCUT2D eigenvalue weighted by atomic mass is 10.1. The largest absolute Gasteiger partial charge is 0.348 e. The second kappa shape index (κ2) is 8.28. The van der Waals surface area contributed by atoms with Crippen LogP contribution in [0.3, 0.4) is 0 Å². The predicted molar refractivity (Wildman–Crippen MR) is 117 cm³/mol. The molecule has 0 radical (unpaired) electrons. The SMILES string of the molecule is O=C(NCc1ccc(Cl)cc1)c1ccc2c(=O)n(Cc3nccs3)c(=S)[nH]c2c1. The quantitative estimate of drug-likeness (QED) is 0.455. The normalized spacial score (nSPS) is 10.9. The minimum absolute atomic E-state index is 0.216. The number of thiazole rings is 1. The Bertz CT molecular complexity index is 1300. The van der Waals surface area contributed by atoms with E-state index in [0.717, 1.165) is 10.6 Å². The maximum Gasteiger partial charge on any atom is 0.262 e. The fourth-order valence-corrected chi connectivity index (χ4v) is 3.88. The molecule has 0 unspecified atom stereocenters. The minimum atomic E-state index is -0.242. The van der Waals surface area contributed by atoms with Gasteiger partial charge < -0.3 is 10.3 Å². The molecule has 2 N–H and O–H groups in total. The predicted octanol–water partition coefficient (Wildman–Crippen LogP) is 4.15. The number of benzene rings is 2. The molecule has 0 saturated heterocycles. The molecule has 0 fully saturated rings. The number of rotatable bonds is 5. The molecule has 4 rings (SSSR count). The Labute approximate surface area is 179 Å². The van der Waals surface area contributed by atoms with E-state index < -0.39 is 0 Å². The molecule has 0 aliphatic heterocycles. The van der Waals surface area contributed by atoms with Gasteiger partial charge in [0.25, 0.3) is 11.5 Å². The van der Waals surface area contributed by atoms with Crippen molar-refractivity contribution in [2.75, 3.05) is 0 Å². The van der Waals surface area contributed by atoms with Crippen molar-refractivity contribution in [2.45, 2.75) is 13.1 Å². The van der Waals surface area contributed by atoms with Crippen LogP contribution < -0.4 is 10.9 Å². The number of hydrogen-bond donors (Lipinski definition) is 2. The lowest BCUT2D eigenvalue weighted by Crippen LogP contribution is -2.24. The van der Waals surface area contributed by atoms with E-state index in [1.165, 1.54) is 15.9 Å². The highest BCUT2D eigenvalue weighted by molar-refractivity contribution is 7.71. The third kappa shape index (κ3) is 4.29. The first-order chi connectivity index (χ1) is 14.0. The Morgan fingerprint density at radius 1 is 1.24 bits per heavy atom. The highest BCUT2D eigenvalue weighted by atomic mass is 35.5. The monoisotopic (exact) mass is 442 g/mol. The van der Waals surface area contributed by atoms with E-state index >= 15 is 0 Å². The molecule has 0 bridgehead atoms. The number of aromatic nitrogens is 3. The standard InChI is InChI=1S/C20H15ClN4O2S2/c21-14-4-1-12(2-5-14)10-23-18(26)13-3-6-15-16(9-13)24-20(28)25(19(15)27)11-17-22-7-8-29-17/h1-9H,10-11H2,(H,23,26)(H,24,28). The second-order valence-electron chi connectivity index (χ2n) is 6.32. The van der Waals surface area contributed by atoms with Gasteiger partial charge in [-0.05, 0) is 48.1 Å². The van der Waals surface area contributed by atoms with Crippen LogP contribution in [0.15, 0.2) is 58.8 Å². The summed E-state index contributed by atoms with van der Waals surface area (Å²) < 4.78 is 1.76. The van der Waals surface area contributed by atoms with Gasteiger partial charge in [-0.3, -0.25) is 14.2 Å². The molecule has 0 saturated carbocycles. The van der Waals surface area contributed by atoms with Crippen LogP contribution >= 0.6 is 35.2 Å². The van der Waals surface area contributed by atoms with Gasteiger partial charge in [0.1, 0.15) is 5.01 Å². The second-order valence-corrected chi connectivity index (χ2v) is 8.12. The van der Waals surface area contributed by atoms with Gasteiger partial charge in [0, 0.05) is 28.7 Å². The van der Waals surface area contributed by atoms with Crippen LogP contribution in [-0.4, -0.2) is 20.4 Å². The minimum Gasteiger partial charge on any atom is -0.348 e. The van der Waals surface area contributed by atoms with Crippen LogP contribution in [0.25, 0.3) is 10.9 Å². The Balaban J connectivity index is 1.59. The zero-order valence-corrected chi connectivity index (χ0v) is 17.4. The molecule has 1 amide bonds. The zero-order valence-electron chi connectivity index (χ0n) is 15.0. The fourth-order valence-electron chi connectivity index (χ4n) is 2.89. The van der Waals surface area contributed by atoms with E-state index in [0.29, 0.717) is 34.6 Å². The Kier molecular flexibility index (Phi) is 5.57. The summed E-state index contributed by atoms with van der Waals surface area (Å²) >= 11 is 12.7. The molecule has 2 aromatic heterocycles. The van der Waals surface area contributed by atoms with E-state index in [9.17, 15) is 9.59 Å². The summed E-state index contributed by atoms with van der Waals surface area (Å²) in [5.74, 6) is -0.242. The van der Waals surface area contributed by atoms with Crippen molar-refractivity contribution in [3.63, 3.8) is 0 Å². The molecule has 0 atom stereocenters. The molecule has 146 valence electrons. The molecule has 29 heavy (non-hydrogen) atoms. The molecule has 2 aromatic carbocycles. The van der Waals surface area contributed by atoms with Crippen molar-refractivity contribution in [1.29, 1.82) is 0 Å². The number of amides is 1. The zero-order chi connectivity index (χ0) is 20.4. The number of carbonyl (C=O) groups excluding carboxylic acids is 1. The van der Waals surface area contributed by atoms with E-state index in [-0.39, 0.29) is 16.2 Å². The first-order valence-electron chi connectivity index (χ1n) is 8.69. The van der Waals surface area contributed by atoms with Crippen molar-refractivity contribution >= 4 is 52.0 Å². The van der Waals surface area contributed by atoms with Gasteiger partial charge in [-0.2, -0.15) is 0 Å². The third-order valence-corrected chi connectivity index (χ3v) is 5.73. The number of nitrogens with zero attached hydrogens (tertiary/aromatic N) is 2. The van der Waals surface area contributed by atoms with Crippen LogP contribution in [0, 0.1) is 4.77 Å². The van der Waals surface area contributed by atoms with Crippen molar-refractivity contribution in [3.8, 4) is 0 Å². The Hall–Kier alpha value is -2.81. The van der Waals surface area contributed by atoms with Gasteiger partial charge in [-0.25, -0.2) is 4.98 Å². The molecule has 0 aliphatic rings. The topological polar surface area (TPSA) is 79.8 Å². The van der Waals surface area contributed by atoms with Crippen molar-refractivity contribution in [1.82, 2.24) is 19.9 Å². The summed E-state index contributed by atoms with van der Waals surface area (Å²) in [4.78, 5) is 32.6. The smallest absolute Gasteiger partial charge is 0.262 e. The van der Waals surface area contributed by atoms with Gasteiger partial charge in [-0.15, -0.1) is 11.3 Å². The van der Waals surface area contributed by atoms with Crippen LogP contribution in [0.4, 0.5) is 0 Å². The lowest BCUT2D eigenvalue weighted by molar-refractivity contribution is 0.0951. The summed E-state index contributed by atoms with van der Waals surface area (Å²) in [5.41, 5.74) is 1.68. The summed E-state index contributed by atoms with van der Waals surface area (Å²) in [7, 11) is 0. The molecule has 6 nitrogen and oxygen atoms in total. The molecule has 4 aromatic rings. The van der Waals surface area contributed by atoms with Gasteiger partial charge in [0.15, 0.2) is 4.77 Å². The van der Waals surface area contributed by atoms with Gasteiger partial charge in [0.2, 0.25) is 0 Å². The first kappa shape index (κ1) is 19.5. The molecule has 2 heterocycles. The van der Waals surface area contributed by atoms with Crippen LogP contribution in [-0.2, 0) is 13.1 Å². The fraction of sp³-hybridized carbons (Fsp3) is 0.100. The van der Waals surface area contributed by atoms with E-state index in [1.54, 1.807) is 36.5 Å².